The monoisotopic (exact) mass is 330 g/mol. The van der Waals surface area contributed by atoms with Crippen LogP contribution in [0.1, 0.15) is 69.7 Å². The Labute approximate surface area is 142 Å². The third-order valence-corrected chi connectivity index (χ3v) is 6.58. The van der Waals surface area contributed by atoms with E-state index < -0.39 is 11.4 Å². The minimum atomic E-state index is -0.770. The average molecular weight is 330 g/mol. The molecule has 24 heavy (non-hydrogen) atoms. The SMILES string of the molecule is C[C@H]1CCC2=C(CCC[C@]2(C)C(=O)O)[C@]1(C)CC(=O)c1ccoc1. The van der Waals surface area contributed by atoms with Gasteiger partial charge >= 0.3 is 5.97 Å². The van der Waals surface area contributed by atoms with Crippen LogP contribution < -0.4 is 0 Å². The highest BCUT2D eigenvalue weighted by Gasteiger charge is 2.49. The molecule has 3 atom stereocenters. The van der Waals surface area contributed by atoms with Gasteiger partial charge in [0.1, 0.15) is 6.26 Å². The Bertz CT molecular complexity index is 685. The van der Waals surface area contributed by atoms with E-state index in [4.69, 9.17) is 4.42 Å². The van der Waals surface area contributed by atoms with E-state index in [0.717, 1.165) is 31.3 Å². The quantitative estimate of drug-likeness (QED) is 0.632. The Morgan fingerprint density at radius 1 is 1.29 bits per heavy atom. The van der Waals surface area contributed by atoms with Gasteiger partial charge in [0, 0.05) is 6.42 Å². The lowest BCUT2D eigenvalue weighted by Crippen LogP contribution is -2.42. The maximum Gasteiger partial charge on any atom is 0.313 e. The molecule has 1 heterocycles. The van der Waals surface area contributed by atoms with E-state index in [1.54, 1.807) is 6.07 Å². The molecule has 0 unspecified atom stereocenters. The molecule has 0 amide bonds. The second-order valence-electron chi connectivity index (χ2n) is 7.92. The Hall–Kier alpha value is -1.84. The van der Waals surface area contributed by atoms with E-state index in [2.05, 4.69) is 13.8 Å². The molecular formula is C20H26O4. The van der Waals surface area contributed by atoms with E-state index in [9.17, 15) is 14.7 Å². The lowest BCUT2D eigenvalue weighted by Gasteiger charge is -2.49. The topological polar surface area (TPSA) is 67.5 Å². The van der Waals surface area contributed by atoms with Crippen molar-refractivity contribution >= 4 is 11.8 Å². The van der Waals surface area contributed by atoms with Gasteiger partial charge in [0.2, 0.25) is 0 Å². The summed E-state index contributed by atoms with van der Waals surface area (Å²) in [6.45, 7) is 6.20. The molecule has 130 valence electrons. The number of Topliss-reactive ketones (excluding diaryl/α,β-unsaturated/α-hetero) is 1. The molecule has 0 bridgehead atoms. The lowest BCUT2D eigenvalue weighted by molar-refractivity contribution is -0.146. The number of hydrogen-bond donors (Lipinski definition) is 1. The third kappa shape index (κ3) is 2.52. The van der Waals surface area contributed by atoms with Crippen LogP contribution in [0.5, 0.6) is 0 Å². The molecule has 0 saturated carbocycles. The summed E-state index contributed by atoms with van der Waals surface area (Å²) in [5.41, 5.74) is 1.89. The van der Waals surface area contributed by atoms with Crippen molar-refractivity contribution in [3.63, 3.8) is 0 Å². The summed E-state index contributed by atoms with van der Waals surface area (Å²) in [6.07, 6.45) is 7.71. The first-order chi connectivity index (χ1) is 11.3. The Balaban J connectivity index is 2.01. The molecule has 3 rings (SSSR count). The highest BCUT2D eigenvalue weighted by molar-refractivity contribution is 5.96. The predicted octanol–water partition coefficient (Wildman–Crippen LogP) is 4.86. The van der Waals surface area contributed by atoms with Gasteiger partial charge in [0.05, 0.1) is 17.2 Å². The highest BCUT2D eigenvalue weighted by Crippen LogP contribution is 2.56. The molecule has 1 N–H and O–H groups in total. The summed E-state index contributed by atoms with van der Waals surface area (Å²) in [5, 5.41) is 9.79. The van der Waals surface area contributed by atoms with Gasteiger partial charge in [-0.05, 0) is 56.4 Å². The van der Waals surface area contributed by atoms with Gasteiger partial charge in [-0.3, -0.25) is 9.59 Å². The molecule has 2 aliphatic carbocycles. The zero-order valence-electron chi connectivity index (χ0n) is 14.7. The zero-order chi connectivity index (χ0) is 17.5. The number of furan rings is 1. The average Bonchev–Trinajstić information content (AvgIpc) is 3.06. The summed E-state index contributed by atoms with van der Waals surface area (Å²) >= 11 is 0. The smallest absolute Gasteiger partial charge is 0.313 e. The van der Waals surface area contributed by atoms with Crippen molar-refractivity contribution in [1.29, 1.82) is 0 Å². The van der Waals surface area contributed by atoms with E-state index in [1.165, 1.54) is 18.1 Å². The van der Waals surface area contributed by atoms with Crippen LogP contribution in [0.3, 0.4) is 0 Å². The van der Waals surface area contributed by atoms with Crippen molar-refractivity contribution in [3.05, 3.63) is 35.3 Å². The predicted molar refractivity (Wildman–Crippen MR) is 90.8 cm³/mol. The molecule has 0 radical (unpaired) electrons. The molecule has 0 fully saturated rings. The first kappa shape index (κ1) is 17.0. The molecule has 1 aromatic heterocycles. The van der Waals surface area contributed by atoms with E-state index >= 15 is 0 Å². The van der Waals surface area contributed by atoms with Crippen molar-refractivity contribution < 1.29 is 19.1 Å². The fourth-order valence-corrected chi connectivity index (χ4v) is 4.66. The Kier molecular flexibility index (Phi) is 4.18. The third-order valence-electron chi connectivity index (χ3n) is 6.58. The highest BCUT2D eigenvalue weighted by atomic mass is 16.4. The van der Waals surface area contributed by atoms with Gasteiger partial charge < -0.3 is 9.52 Å². The summed E-state index contributed by atoms with van der Waals surface area (Å²) in [7, 11) is 0. The summed E-state index contributed by atoms with van der Waals surface area (Å²) < 4.78 is 5.05. The van der Waals surface area contributed by atoms with Gasteiger partial charge in [-0.15, -0.1) is 0 Å². The molecule has 0 aromatic carbocycles. The number of hydrogen-bond acceptors (Lipinski definition) is 3. The van der Waals surface area contributed by atoms with Crippen molar-refractivity contribution in [2.45, 2.75) is 59.3 Å². The van der Waals surface area contributed by atoms with Crippen molar-refractivity contribution in [2.24, 2.45) is 16.7 Å². The fourth-order valence-electron chi connectivity index (χ4n) is 4.66. The van der Waals surface area contributed by atoms with Crippen LogP contribution in [0, 0.1) is 16.7 Å². The molecule has 4 heteroatoms. The fraction of sp³-hybridized carbons (Fsp3) is 0.600. The largest absolute Gasteiger partial charge is 0.481 e. The van der Waals surface area contributed by atoms with Crippen molar-refractivity contribution in [1.82, 2.24) is 0 Å². The summed E-state index contributed by atoms with van der Waals surface area (Å²) in [5.74, 6) is -0.287. The zero-order valence-corrected chi connectivity index (χ0v) is 14.7. The first-order valence-corrected chi connectivity index (χ1v) is 8.81. The molecule has 1 aromatic rings. The maximum atomic E-state index is 12.7. The van der Waals surface area contributed by atoms with Crippen LogP contribution in [0.2, 0.25) is 0 Å². The van der Waals surface area contributed by atoms with E-state index in [-0.39, 0.29) is 11.2 Å². The number of rotatable bonds is 4. The Morgan fingerprint density at radius 2 is 2.04 bits per heavy atom. The number of carboxylic acid groups (broad SMARTS) is 1. The summed E-state index contributed by atoms with van der Waals surface area (Å²) in [4.78, 5) is 24.6. The lowest BCUT2D eigenvalue weighted by atomic mass is 9.55. The van der Waals surface area contributed by atoms with Crippen molar-refractivity contribution in [2.75, 3.05) is 0 Å². The normalized spacial score (nSPS) is 33.2. The number of aliphatic carboxylic acids is 1. The van der Waals surface area contributed by atoms with Gasteiger partial charge in [-0.25, -0.2) is 0 Å². The molecule has 0 aliphatic heterocycles. The molecule has 4 nitrogen and oxygen atoms in total. The van der Waals surface area contributed by atoms with Crippen LogP contribution in [-0.2, 0) is 4.79 Å². The number of carbonyl (C=O) groups excluding carboxylic acids is 1. The van der Waals surface area contributed by atoms with Crippen LogP contribution in [0.15, 0.2) is 34.2 Å². The standard InChI is InChI=1S/C20H26O4/c1-13-6-7-16-15(5-4-9-19(16,2)18(22)23)20(13,3)11-17(21)14-8-10-24-12-14/h8,10,12-13H,4-7,9,11H2,1-3H3,(H,22,23)/t13-,19-,20+/m0/s1. The van der Waals surface area contributed by atoms with Crippen LogP contribution in [-0.4, -0.2) is 16.9 Å². The second kappa shape index (κ2) is 5.91. The Morgan fingerprint density at radius 3 is 2.67 bits per heavy atom. The molecular weight excluding hydrogens is 304 g/mol. The second-order valence-corrected chi connectivity index (χ2v) is 7.92. The number of allylic oxidation sites excluding steroid dienone is 1. The molecule has 0 saturated heterocycles. The minimum absolute atomic E-state index is 0.0782. The first-order valence-electron chi connectivity index (χ1n) is 8.81. The van der Waals surface area contributed by atoms with Gasteiger partial charge in [-0.2, -0.15) is 0 Å². The van der Waals surface area contributed by atoms with Crippen LogP contribution in [0.4, 0.5) is 0 Å². The van der Waals surface area contributed by atoms with Crippen LogP contribution >= 0.6 is 0 Å². The van der Waals surface area contributed by atoms with Crippen LogP contribution in [0.25, 0.3) is 0 Å². The van der Waals surface area contributed by atoms with E-state index in [1.807, 2.05) is 6.92 Å². The molecule has 0 spiro atoms. The van der Waals surface area contributed by atoms with Gasteiger partial charge in [-0.1, -0.05) is 25.0 Å². The number of ketones is 1. The number of carboxylic acids is 1. The summed E-state index contributed by atoms with van der Waals surface area (Å²) in [6, 6.07) is 1.71. The van der Waals surface area contributed by atoms with E-state index in [0.29, 0.717) is 24.3 Å². The minimum Gasteiger partial charge on any atom is -0.481 e. The number of carbonyl (C=O) groups is 2. The van der Waals surface area contributed by atoms with Gasteiger partial charge in [0.25, 0.3) is 0 Å². The maximum absolute atomic E-state index is 12.7. The molecule has 2 aliphatic rings. The van der Waals surface area contributed by atoms with Crippen molar-refractivity contribution in [3.8, 4) is 0 Å². The van der Waals surface area contributed by atoms with Gasteiger partial charge in [0.15, 0.2) is 5.78 Å².